The fourth-order valence-corrected chi connectivity index (χ4v) is 2.13. The van der Waals surface area contributed by atoms with E-state index in [1.165, 1.54) is 0 Å². The number of carboxylic acid groups (broad SMARTS) is 1. The summed E-state index contributed by atoms with van der Waals surface area (Å²) in [6.45, 7) is 7.69. The number of amides is 1. The molecule has 0 unspecified atom stereocenters. The van der Waals surface area contributed by atoms with E-state index in [2.05, 4.69) is 6.58 Å². The Kier molecular flexibility index (Phi) is 5.50. The normalized spacial score (nSPS) is 10.2. The molecule has 0 aliphatic carbocycles. The van der Waals surface area contributed by atoms with E-state index in [0.29, 0.717) is 23.2 Å². The van der Waals surface area contributed by atoms with Crippen LogP contribution in [0.5, 0.6) is 0 Å². The highest BCUT2D eigenvalue weighted by Crippen LogP contribution is 2.20. The van der Waals surface area contributed by atoms with Crippen molar-refractivity contribution in [2.24, 2.45) is 0 Å². The molecule has 1 amide bonds. The van der Waals surface area contributed by atoms with E-state index in [-0.39, 0.29) is 11.5 Å². The first-order valence-corrected chi connectivity index (χ1v) is 6.60. The van der Waals surface area contributed by atoms with Crippen molar-refractivity contribution in [1.29, 1.82) is 0 Å². The maximum Gasteiger partial charge on any atom is 0.336 e. The van der Waals surface area contributed by atoms with Gasteiger partial charge in [-0.1, -0.05) is 18.2 Å². The average molecular weight is 275 g/mol. The van der Waals surface area contributed by atoms with Gasteiger partial charge in [0.25, 0.3) is 5.91 Å². The first kappa shape index (κ1) is 16.0. The molecule has 1 aromatic carbocycles. The molecule has 0 atom stereocenters. The molecule has 4 heteroatoms. The highest BCUT2D eigenvalue weighted by Gasteiger charge is 2.23. The monoisotopic (exact) mass is 275 g/mol. The van der Waals surface area contributed by atoms with E-state index >= 15 is 0 Å². The van der Waals surface area contributed by atoms with Crippen LogP contribution in [0.1, 0.15) is 44.7 Å². The zero-order valence-corrected chi connectivity index (χ0v) is 12.3. The second-order valence-corrected chi connectivity index (χ2v) is 4.91. The lowest BCUT2D eigenvalue weighted by Crippen LogP contribution is -2.30. The fourth-order valence-electron chi connectivity index (χ4n) is 2.13. The fraction of sp³-hybridized carbons (Fsp3) is 0.375. The second-order valence-electron chi connectivity index (χ2n) is 4.91. The topological polar surface area (TPSA) is 57.6 Å². The van der Waals surface area contributed by atoms with E-state index in [1.807, 2.05) is 0 Å². The predicted molar refractivity (Wildman–Crippen MR) is 79.3 cm³/mol. The quantitative estimate of drug-likeness (QED) is 0.641. The molecule has 0 aliphatic rings. The van der Waals surface area contributed by atoms with Gasteiger partial charge in [-0.05, 0) is 37.8 Å². The molecular weight excluding hydrogens is 254 g/mol. The molecule has 0 fully saturated rings. The van der Waals surface area contributed by atoms with Gasteiger partial charge < -0.3 is 10.0 Å². The largest absolute Gasteiger partial charge is 0.478 e. The van der Waals surface area contributed by atoms with Crippen molar-refractivity contribution < 1.29 is 14.7 Å². The molecule has 0 spiro atoms. The molecular formula is C16H21NO3. The Bertz CT molecular complexity index is 535. The summed E-state index contributed by atoms with van der Waals surface area (Å²) in [7, 11) is 1.69. The van der Waals surface area contributed by atoms with Crippen molar-refractivity contribution in [2.45, 2.75) is 26.7 Å². The van der Waals surface area contributed by atoms with Crippen LogP contribution in [0.4, 0.5) is 0 Å². The number of nitrogens with zero attached hydrogens (tertiary/aromatic N) is 1. The number of rotatable bonds is 6. The summed E-state index contributed by atoms with van der Waals surface area (Å²) in [5.74, 6) is -1.30. The Morgan fingerprint density at radius 3 is 2.30 bits per heavy atom. The number of aromatic carboxylic acids is 1. The number of aryl methyl sites for hydroxylation is 2. The Morgan fingerprint density at radius 2 is 1.80 bits per heavy atom. The number of benzene rings is 1. The summed E-state index contributed by atoms with van der Waals surface area (Å²) in [5.41, 5.74) is 1.68. The van der Waals surface area contributed by atoms with Gasteiger partial charge in [0, 0.05) is 13.6 Å². The molecule has 1 aromatic rings. The minimum Gasteiger partial charge on any atom is -0.478 e. The van der Waals surface area contributed by atoms with Gasteiger partial charge in [-0.15, -0.1) is 6.58 Å². The van der Waals surface area contributed by atoms with Gasteiger partial charge in [0.05, 0.1) is 11.1 Å². The third kappa shape index (κ3) is 3.47. The Morgan fingerprint density at radius 1 is 1.25 bits per heavy atom. The molecule has 0 saturated heterocycles. The van der Waals surface area contributed by atoms with E-state index in [4.69, 9.17) is 0 Å². The van der Waals surface area contributed by atoms with Crippen LogP contribution < -0.4 is 0 Å². The van der Waals surface area contributed by atoms with Gasteiger partial charge in [-0.25, -0.2) is 4.79 Å². The molecule has 0 heterocycles. The number of allylic oxidation sites excluding steroid dienone is 1. The molecule has 1 N–H and O–H groups in total. The zero-order valence-electron chi connectivity index (χ0n) is 12.3. The molecule has 0 bridgehead atoms. The number of carbonyl (C=O) groups is 2. The van der Waals surface area contributed by atoms with Crippen LogP contribution in [0.25, 0.3) is 0 Å². The van der Waals surface area contributed by atoms with Gasteiger partial charge in [0.15, 0.2) is 0 Å². The third-order valence-corrected chi connectivity index (χ3v) is 3.30. The molecule has 1 rings (SSSR count). The average Bonchev–Trinajstić information content (AvgIpc) is 2.40. The van der Waals surface area contributed by atoms with Crippen molar-refractivity contribution >= 4 is 11.9 Å². The third-order valence-electron chi connectivity index (χ3n) is 3.30. The highest BCUT2D eigenvalue weighted by atomic mass is 16.4. The van der Waals surface area contributed by atoms with Gasteiger partial charge in [-0.3, -0.25) is 4.79 Å². The van der Waals surface area contributed by atoms with Crippen molar-refractivity contribution in [1.82, 2.24) is 4.90 Å². The maximum absolute atomic E-state index is 12.5. The van der Waals surface area contributed by atoms with E-state index in [0.717, 1.165) is 12.8 Å². The molecule has 108 valence electrons. The summed E-state index contributed by atoms with van der Waals surface area (Å²) in [4.78, 5) is 25.4. The number of hydrogen-bond donors (Lipinski definition) is 1. The standard InChI is InChI=1S/C16H21NO3/c1-5-6-7-10-17(4)15(18)13-11(2)8-9-12(3)14(13)16(19)20/h5,8-9H,1,6-7,10H2,2-4H3,(H,19,20). The number of unbranched alkanes of at least 4 members (excludes halogenated alkanes) is 1. The van der Waals surface area contributed by atoms with Gasteiger partial charge in [0.2, 0.25) is 0 Å². The molecule has 0 saturated carbocycles. The molecule has 20 heavy (non-hydrogen) atoms. The number of carboxylic acids is 1. The van der Waals surface area contributed by atoms with Crippen molar-refractivity contribution in [3.05, 3.63) is 47.0 Å². The summed E-state index contributed by atoms with van der Waals surface area (Å²) < 4.78 is 0. The minimum absolute atomic E-state index is 0.102. The lowest BCUT2D eigenvalue weighted by molar-refractivity contribution is 0.0680. The molecule has 0 aliphatic heterocycles. The lowest BCUT2D eigenvalue weighted by Gasteiger charge is -2.20. The zero-order chi connectivity index (χ0) is 15.3. The van der Waals surface area contributed by atoms with Gasteiger partial charge in [-0.2, -0.15) is 0 Å². The SMILES string of the molecule is C=CCCCN(C)C(=O)c1c(C)ccc(C)c1C(=O)O. The van der Waals surface area contributed by atoms with E-state index in [1.54, 1.807) is 44.0 Å². The smallest absolute Gasteiger partial charge is 0.336 e. The Balaban J connectivity index is 3.11. The summed E-state index contributed by atoms with van der Waals surface area (Å²) in [5, 5.41) is 9.33. The van der Waals surface area contributed by atoms with Crippen LogP contribution in [0.15, 0.2) is 24.8 Å². The van der Waals surface area contributed by atoms with Crippen LogP contribution in [0.2, 0.25) is 0 Å². The van der Waals surface area contributed by atoms with Crippen LogP contribution in [0, 0.1) is 13.8 Å². The number of carbonyl (C=O) groups excluding carboxylic acids is 1. The Hall–Kier alpha value is -2.10. The van der Waals surface area contributed by atoms with Crippen LogP contribution in [-0.2, 0) is 0 Å². The Labute approximate surface area is 119 Å². The maximum atomic E-state index is 12.5. The second kappa shape index (κ2) is 6.89. The molecule has 0 aromatic heterocycles. The first-order valence-electron chi connectivity index (χ1n) is 6.60. The van der Waals surface area contributed by atoms with E-state index < -0.39 is 5.97 Å². The van der Waals surface area contributed by atoms with Crippen molar-refractivity contribution in [3.63, 3.8) is 0 Å². The van der Waals surface area contributed by atoms with Crippen LogP contribution >= 0.6 is 0 Å². The number of hydrogen-bond acceptors (Lipinski definition) is 2. The van der Waals surface area contributed by atoms with Crippen molar-refractivity contribution in [2.75, 3.05) is 13.6 Å². The first-order chi connectivity index (χ1) is 9.40. The van der Waals surface area contributed by atoms with Gasteiger partial charge >= 0.3 is 5.97 Å². The molecule has 0 radical (unpaired) electrons. The minimum atomic E-state index is -1.06. The van der Waals surface area contributed by atoms with Crippen LogP contribution in [0.3, 0.4) is 0 Å². The van der Waals surface area contributed by atoms with E-state index in [9.17, 15) is 14.7 Å². The summed E-state index contributed by atoms with van der Waals surface area (Å²) in [6.07, 6.45) is 3.45. The van der Waals surface area contributed by atoms with Crippen molar-refractivity contribution in [3.8, 4) is 0 Å². The highest BCUT2D eigenvalue weighted by molar-refractivity contribution is 6.06. The summed E-state index contributed by atoms with van der Waals surface area (Å²) in [6, 6.07) is 3.51. The summed E-state index contributed by atoms with van der Waals surface area (Å²) >= 11 is 0. The van der Waals surface area contributed by atoms with Gasteiger partial charge in [0.1, 0.15) is 0 Å². The molecule has 4 nitrogen and oxygen atoms in total. The predicted octanol–water partition coefficient (Wildman–Crippen LogP) is 3.04. The van der Waals surface area contributed by atoms with Crippen LogP contribution in [-0.4, -0.2) is 35.5 Å². The lowest BCUT2D eigenvalue weighted by atomic mass is 9.96.